The first-order valence-corrected chi connectivity index (χ1v) is 16.6. The first-order valence-electron chi connectivity index (χ1n) is 16.6. The van der Waals surface area contributed by atoms with Crippen LogP contribution in [0.5, 0.6) is 0 Å². The van der Waals surface area contributed by atoms with Gasteiger partial charge in [-0.2, -0.15) is 0 Å². The minimum Gasteiger partial charge on any atom is -0.481 e. The summed E-state index contributed by atoms with van der Waals surface area (Å²) in [5.74, 6) is 2.00. The van der Waals surface area contributed by atoms with E-state index in [2.05, 4.69) is 60.3 Å². The Morgan fingerprint density at radius 3 is 2.29 bits per heavy atom. The average molecular weight is 567 g/mol. The molecule has 4 fully saturated rings. The normalized spacial score (nSPS) is 44.6. The third-order valence-corrected chi connectivity index (χ3v) is 14.3. The van der Waals surface area contributed by atoms with Crippen LogP contribution in [0.2, 0.25) is 0 Å². The number of hydrogen-bond donors (Lipinski definition) is 1. The van der Waals surface area contributed by atoms with Gasteiger partial charge in [-0.1, -0.05) is 72.8 Å². The number of ether oxygens (including phenoxy) is 1. The van der Waals surface area contributed by atoms with E-state index in [9.17, 15) is 14.7 Å². The van der Waals surface area contributed by atoms with Gasteiger partial charge in [-0.05, 0) is 121 Å². The molecule has 0 saturated heterocycles. The van der Waals surface area contributed by atoms with Gasteiger partial charge in [0.2, 0.25) is 0 Å². The molecule has 0 radical (unpaired) electrons. The second-order valence-corrected chi connectivity index (χ2v) is 17.5. The Hall–Kier alpha value is -1.58. The molecule has 230 valence electrons. The number of carbonyl (C=O) groups excluding carboxylic acids is 1. The third-order valence-electron chi connectivity index (χ3n) is 14.3. The predicted molar refractivity (Wildman–Crippen MR) is 165 cm³/mol. The molecule has 1 N–H and O–H groups in total. The summed E-state index contributed by atoms with van der Waals surface area (Å²) in [5.41, 5.74) is 1.93. The standard InChI is InChI=1S/C37H58O4/c1-24(2)25-13-18-37(23-41-30(40)22-32(3,4)21-29(38)39)20-19-35(8)26(31(25)37)11-12-28-34(7)16-10-15-33(5,6)27(34)14-17-36(28,35)9/h10,15,25-28,31H,1,11-14,16-23H2,2-9H3,(H,38,39)/t25-,26+,27-,28+,31+,34-,35+,36+,37+/m0/s1. The third kappa shape index (κ3) is 4.76. The van der Waals surface area contributed by atoms with E-state index in [1.807, 2.05) is 13.8 Å². The van der Waals surface area contributed by atoms with Crippen LogP contribution >= 0.6 is 0 Å². The Kier molecular flexibility index (Phi) is 7.51. The van der Waals surface area contributed by atoms with Crippen LogP contribution in [0, 0.1) is 62.1 Å². The summed E-state index contributed by atoms with van der Waals surface area (Å²) in [4.78, 5) is 24.4. The van der Waals surface area contributed by atoms with Gasteiger partial charge in [-0.3, -0.25) is 9.59 Å². The van der Waals surface area contributed by atoms with Crippen molar-refractivity contribution in [2.75, 3.05) is 6.61 Å². The quantitative estimate of drug-likeness (QED) is 0.246. The van der Waals surface area contributed by atoms with Crippen molar-refractivity contribution in [3.8, 4) is 0 Å². The number of aliphatic carboxylic acids is 1. The first-order chi connectivity index (χ1) is 18.9. The van der Waals surface area contributed by atoms with Gasteiger partial charge in [0.25, 0.3) is 0 Å². The molecule has 0 aromatic rings. The maximum atomic E-state index is 13.1. The molecule has 4 nitrogen and oxygen atoms in total. The Balaban J connectivity index is 1.42. The lowest BCUT2D eigenvalue weighted by Crippen LogP contribution is -2.65. The zero-order chi connectivity index (χ0) is 30.2. The Morgan fingerprint density at radius 1 is 0.927 bits per heavy atom. The van der Waals surface area contributed by atoms with E-state index < -0.39 is 11.4 Å². The summed E-state index contributed by atoms with van der Waals surface area (Å²) in [6.07, 6.45) is 16.2. The number of allylic oxidation sites excluding steroid dienone is 3. The smallest absolute Gasteiger partial charge is 0.306 e. The lowest BCUT2D eigenvalue weighted by atomic mass is 9.33. The van der Waals surface area contributed by atoms with Gasteiger partial charge in [0.05, 0.1) is 19.4 Å². The molecule has 0 aliphatic heterocycles. The summed E-state index contributed by atoms with van der Waals surface area (Å²) in [5, 5.41) is 9.28. The molecule has 0 aromatic carbocycles. The van der Waals surface area contributed by atoms with Crippen LogP contribution in [-0.2, 0) is 14.3 Å². The van der Waals surface area contributed by atoms with Gasteiger partial charge in [0.1, 0.15) is 0 Å². The SMILES string of the molecule is C=C(C)[C@@H]1CC[C@]2(COC(=O)CC(C)(C)CC(=O)O)CC[C@]3(C)[C@H](CC[C@@H]4[C@@]5(C)CC=CC(C)(C)[C@@H]5CC[C@]43C)[C@@H]12. The van der Waals surface area contributed by atoms with E-state index in [0.717, 1.165) is 31.1 Å². The van der Waals surface area contributed by atoms with Crippen LogP contribution in [0.1, 0.15) is 126 Å². The number of carbonyl (C=O) groups is 2. The maximum Gasteiger partial charge on any atom is 0.306 e. The fourth-order valence-electron chi connectivity index (χ4n) is 12.3. The van der Waals surface area contributed by atoms with Gasteiger partial charge in [0, 0.05) is 5.41 Å². The number of esters is 1. The molecule has 0 heterocycles. The molecule has 5 aliphatic carbocycles. The minimum absolute atomic E-state index is 0.0141. The Labute approximate surface area is 250 Å². The number of rotatable bonds is 7. The highest BCUT2D eigenvalue weighted by Gasteiger charge is 2.70. The summed E-state index contributed by atoms with van der Waals surface area (Å²) in [7, 11) is 0. The second kappa shape index (κ2) is 9.98. The van der Waals surface area contributed by atoms with Gasteiger partial charge < -0.3 is 9.84 Å². The topological polar surface area (TPSA) is 63.6 Å². The van der Waals surface area contributed by atoms with Gasteiger partial charge >= 0.3 is 11.9 Å². The summed E-state index contributed by atoms with van der Waals surface area (Å²) >= 11 is 0. The number of carboxylic acids is 1. The van der Waals surface area contributed by atoms with Crippen molar-refractivity contribution in [1.29, 1.82) is 0 Å². The summed E-state index contributed by atoms with van der Waals surface area (Å²) in [6.45, 7) is 23.8. The van der Waals surface area contributed by atoms with Crippen LogP contribution in [0.15, 0.2) is 24.3 Å². The van der Waals surface area contributed by atoms with Gasteiger partial charge in [0.15, 0.2) is 0 Å². The van der Waals surface area contributed by atoms with E-state index in [1.54, 1.807) is 0 Å². The van der Waals surface area contributed by atoms with E-state index in [1.165, 1.54) is 44.1 Å². The van der Waals surface area contributed by atoms with Gasteiger partial charge in [-0.25, -0.2) is 0 Å². The number of hydrogen-bond acceptors (Lipinski definition) is 3. The van der Waals surface area contributed by atoms with Crippen molar-refractivity contribution in [3.63, 3.8) is 0 Å². The number of carboxylic acid groups (broad SMARTS) is 1. The summed E-state index contributed by atoms with van der Waals surface area (Å²) in [6, 6.07) is 0. The molecule has 5 rings (SSSR count). The van der Waals surface area contributed by atoms with E-state index in [0.29, 0.717) is 35.2 Å². The summed E-state index contributed by atoms with van der Waals surface area (Å²) < 4.78 is 6.12. The van der Waals surface area contributed by atoms with E-state index in [4.69, 9.17) is 4.74 Å². The van der Waals surface area contributed by atoms with E-state index >= 15 is 0 Å². The van der Waals surface area contributed by atoms with Crippen LogP contribution in [0.3, 0.4) is 0 Å². The zero-order valence-corrected chi connectivity index (χ0v) is 27.4. The molecular weight excluding hydrogens is 508 g/mol. The van der Waals surface area contributed by atoms with Crippen LogP contribution < -0.4 is 0 Å². The molecule has 0 spiro atoms. The van der Waals surface area contributed by atoms with Crippen LogP contribution in [-0.4, -0.2) is 23.7 Å². The van der Waals surface area contributed by atoms with Crippen molar-refractivity contribution in [2.45, 2.75) is 126 Å². The molecular formula is C37H58O4. The first kappa shape index (κ1) is 30.9. The lowest BCUT2D eigenvalue weighted by Gasteiger charge is -2.72. The Morgan fingerprint density at radius 2 is 1.63 bits per heavy atom. The monoisotopic (exact) mass is 566 g/mol. The zero-order valence-electron chi connectivity index (χ0n) is 27.4. The molecule has 9 atom stereocenters. The molecule has 41 heavy (non-hydrogen) atoms. The van der Waals surface area contributed by atoms with Crippen molar-refractivity contribution in [1.82, 2.24) is 0 Å². The highest BCUT2D eigenvalue weighted by molar-refractivity contribution is 5.73. The predicted octanol–water partition coefficient (Wildman–Crippen LogP) is 9.24. The molecule has 0 unspecified atom stereocenters. The van der Waals surface area contributed by atoms with E-state index in [-0.39, 0.29) is 35.1 Å². The molecule has 0 amide bonds. The largest absolute Gasteiger partial charge is 0.481 e. The fraction of sp³-hybridized carbons (Fsp3) is 0.838. The molecule has 4 heteroatoms. The maximum absolute atomic E-state index is 13.1. The van der Waals surface area contributed by atoms with Crippen LogP contribution in [0.25, 0.3) is 0 Å². The molecule has 5 aliphatic rings. The van der Waals surface area contributed by atoms with Gasteiger partial charge in [-0.15, -0.1) is 0 Å². The fourth-order valence-corrected chi connectivity index (χ4v) is 12.3. The van der Waals surface area contributed by atoms with Crippen LogP contribution in [0.4, 0.5) is 0 Å². The van der Waals surface area contributed by atoms with Crippen molar-refractivity contribution in [3.05, 3.63) is 24.3 Å². The highest BCUT2D eigenvalue weighted by atomic mass is 16.5. The lowest BCUT2D eigenvalue weighted by molar-refractivity contribution is -0.230. The number of fused-ring (bicyclic) bond motifs is 7. The van der Waals surface area contributed by atoms with Crippen molar-refractivity contribution >= 4 is 11.9 Å². The molecule has 0 bridgehead atoms. The highest BCUT2D eigenvalue weighted by Crippen LogP contribution is 2.77. The average Bonchev–Trinajstić information content (AvgIpc) is 3.22. The van der Waals surface area contributed by atoms with Crippen molar-refractivity contribution < 1.29 is 19.4 Å². The molecule has 0 aromatic heterocycles. The minimum atomic E-state index is -0.868. The van der Waals surface area contributed by atoms with Crippen molar-refractivity contribution in [2.24, 2.45) is 62.1 Å². The Bertz CT molecular complexity index is 1120. The molecule has 4 saturated carbocycles. The second-order valence-electron chi connectivity index (χ2n) is 17.5.